The van der Waals surface area contributed by atoms with E-state index in [0.29, 0.717) is 40.2 Å². The molecule has 0 fully saturated rings. The minimum Gasteiger partial charge on any atom is -0.342 e. The van der Waals surface area contributed by atoms with E-state index in [1.165, 1.54) is 36.0 Å². The number of non-ortho nitro benzene ring substituents is 1. The third-order valence-corrected chi connectivity index (χ3v) is 6.49. The largest absolute Gasteiger partial charge is 0.342 e. The lowest BCUT2D eigenvalue weighted by Gasteiger charge is -2.21. The van der Waals surface area contributed by atoms with E-state index < -0.39 is 11.0 Å². The smallest absolute Gasteiger partial charge is 0.269 e. The average molecular weight is 531 g/mol. The fourth-order valence-corrected chi connectivity index (χ4v) is 4.57. The Morgan fingerprint density at radius 1 is 1.14 bits per heavy atom. The van der Waals surface area contributed by atoms with Crippen LogP contribution in [0.25, 0.3) is 0 Å². The summed E-state index contributed by atoms with van der Waals surface area (Å²) in [7, 11) is 0. The fraction of sp³-hybridized carbons (Fsp3) is 0.333. The molecule has 1 atom stereocenters. The van der Waals surface area contributed by atoms with Crippen LogP contribution in [0.2, 0.25) is 5.02 Å². The van der Waals surface area contributed by atoms with E-state index in [4.69, 9.17) is 11.6 Å². The Labute approximate surface area is 218 Å². The molecule has 1 aromatic heterocycles. The van der Waals surface area contributed by atoms with Gasteiger partial charge in [-0.2, -0.15) is 0 Å². The summed E-state index contributed by atoms with van der Waals surface area (Å²) < 4.78 is 1.88. The zero-order valence-corrected chi connectivity index (χ0v) is 21.7. The Bertz CT molecular complexity index is 1230. The zero-order valence-electron chi connectivity index (χ0n) is 20.1. The minimum absolute atomic E-state index is 0.0523. The number of hydrogen-bond donors (Lipinski definition) is 2. The predicted octanol–water partition coefficient (Wildman–Crippen LogP) is 5.11. The molecular weight excluding hydrogens is 504 g/mol. The number of rotatable bonds is 11. The molecular formula is C24H27ClN6O4S. The molecule has 0 aliphatic carbocycles. The van der Waals surface area contributed by atoms with Crippen LogP contribution in [0.4, 0.5) is 11.4 Å². The van der Waals surface area contributed by atoms with Crippen molar-refractivity contribution >= 4 is 46.6 Å². The maximum atomic E-state index is 12.9. The highest BCUT2D eigenvalue weighted by Crippen LogP contribution is 2.26. The lowest BCUT2D eigenvalue weighted by molar-refractivity contribution is -0.384. The maximum Gasteiger partial charge on any atom is 0.269 e. The van der Waals surface area contributed by atoms with E-state index >= 15 is 0 Å². The molecule has 2 N–H and O–H groups in total. The van der Waals surface area contributed by atoms with Gasteiger partial charge in [0.05, 0.1) is 27.3 Å². The van der Waals surface area contributed by atoms with Crippen LogP contribution in [-0.2, 0) is 11.3 Å². The number of nitrogens with one attached hydrogen (secondary N) is 2. The van der Waals surface area contributed by atoms with Crippen LogP contribution in [0.3, 0.4) is 0 Å². The van der Waals surface area contributed by atoms with Crippen LogP contribution in [0.1, 0.15) is 49.4 Å². The van der Waals surface area contributed by atoms with E-state index in [-0.39, 0.29) is 29.2 Å². The molecule has 36 heavy (non-hydrogen) atoms. The summed E-state index contributed by atoms with van der Waals surface area (Å²) in [6, 6.07) is 12.1. The predicted molar refractivity (Wildman–Crippen MR) is 139 cm³/mol. The molecule has 12 heteroatoms. The van der Waals surface area contributed by atoms with Gasteiger partial charge in [-0.3, -0.25) is 19.7 Å². The van der Waals surface area contributed by atoms with Gasteiger partial charge in [0, 0.05) is 24.4 Å². The number of nitro groups is 1. The molecule has 0 bridgehead atoms. The second-order valence-corrected chi connectivity index (χ2v) is 9.71. The monoisotopic (exact) mass is 530 g/mol. The van der Waals surface area contributed by atoms with Gasteiger partial charge < -0.3 is 15.2 Å². The topological polar surface area (TPSA) is 132 Å². The number of nitrogens with zero attached hydrogens (tertiary/aromatic N) is 4. The number of thioether (sulfide) groups is 1. The molecule has 0 radical (unpaired) electrons. The first-order valence-electron chi connectivity index (χ1n) is 11.3. The van der Waals surface area contributed by atoms with Gasteiger partial charge in [0.25, 0.3) is 11.6 Å². The summed E-state index contributed by atoms with van der Waals surface area (Å²) in [6.07, 6.45) is 0.639. The van der Waals surface area contributed by atoms with Gasteiger partial charge >= 0.3 is 0 Å². The van der Waals surface area contributed by atoms with E-state index in [9.17, 15) is 19.7 Å². The molecule has 0 unspecified atom stereocenters. The van der Waals surface area contributed by atoms with Gasteiger partial charge in [-0.1, -0.05) is 49.3 Å². The quantitative estimate of drug-likeness (QED) is 0.200. The first kappa shape index (κ1) is 27.2. The van der Waals surface area contributed by atoms with E-state index in [2.05, 4.69) is 34.7 Å². The maximum absolute atomic E-state index is 12.9. The molecule has 0 spiro atoms. The van der Waals surface area contributed by atoms with Gasteiger partial charge in [0.15, 0.2) is 11.0 Å². The second kappa shape index (κ2) is 12.5. The fourth-order valence-electron chi connectivity index (χ4n) is 3.54. The Morgan fingerprint density at radius 3 is 2.44 bits per heavy atom. The van der Waals surface area contributed by atoms with Gasteiger partial charge in [0.1, 0.15) is 0 Å². The van der Waals surface area contributed by atoms with Crippen LogP contribution >= 0.6 is 23.4 Å². The number of anilines is 1. The number of carbonyl (C=O) groups excluding carboxylic acids is 2. The van der Waals surface area contributed by atoms with Crippen molar-refractivity contribution in [2.24, 2.45) is 5.92 Å². The highest BCUT2D eigenvalue weighted by molar-refractivity contribution is 7.99. The average Bonchev–Trinajstić information content (AvgIpc) is 3.25. The van der Waals surface area contributed by atoms with Crippen molar-refractivity contribution in [3.05, 3.63) is 75.1 Å². The first-order valence-corrected chi connectivity index (χ1v) is 12.7. The SMILES string of the molecule is CCn1c(SCC(=O)Nc2ccc([N+](=O)[O-])cc2)nnc1[C@H](CC(C)C)NC(=O)c1ccccc1Cl. The van der Waals surface area contributed by atoms with E-state index in [0.717, 1.165) is 0 Å². The summed E-state index contributed by atoms with van der Waals surface area (Å²) in [4.78, 5) is 35.6. The van der Waals surface area contributed by atoms with Crippen molar-refractivity contribution < 1.29 is 14.5 Å². The number of carbonyl (C=O) groups is 2. The van der Waals surface area contributed by atoms with Crippen LogP contribution in [0.5, 0.6) is 0 Å². The number of aromatic nitrogens is 3. The van der Waals surface area contributed by atoms with Crippen molar-refractivity contribution in [3.8, 4) is 0 Å². The van der Waals surface area contributed by atoms with Crippen LogP contribution < -0.4 is 10.6 Å². The third-order valence-electron chi connectivity index (χ3n) is 5.20. The van der Waals surface area contributed by atoms with Crippen molar-refractivity contribution in [2.45, 2.75) is 44.9 Å². The molecule has 0 saturated heterocycles. The lowest BCUT2D eigenvalue weighted by atomic mass is 10.0. The minimum atomic E-state index is -0.500. The summed E-state index contributed by atoms with van der Waals surface area (Å²) in [5, 5.41) is 26.1. The zero-order chi connectivity index (χ0) is 26.2. The summed E-state index contributed by atoms with van der Waals surface area (Å²) in [6.45, 7) is 6.60. The third kappa shape index (κ3) is 7.05. The van der Waals surface area contributed by atoms with Crippen molar-refractivity contribution in [2.75, 3.05) is 11.1 Å². The van der Waals surface area contributed by atoms with Gasteiger partial charge in [-0.25, -0.2) is 0 Å². The molecule has 2 aromatic carbocycles. The van der Waals surface area contributed by atoms with Crippen LogP contribution in [-0.4, -0.2) is 37.3 Å². The number of hydrogen-bond acceptors (Lipinski definition) is 7. The lowest BCUT2D eigenvalue weighted by Crippen LogP contribution is -2.31. The Morgan fingerprint density at radius 2 is 1.83 bits per heavy atom. The van der Waals surface area contributed by atoms with E-state index in [1.807, 2.05) is 11.5 Å². The molecule has 1 heterocycles. The summed E-state index contributed by atoms with van der Waals surface area (Å²) >= 11 is 7.42. The Hall–Kier alpha value is -3.44. The highest BCUT2D eigenvalue weighted by Gasteiger charge is 2.25. The van der Waals surface area contributed by atoms with Gasteiger partial charge in [0.2, 0.25) is 5.91 Å². The van der Waals surface area contributed by atoms with Crippen molar-refractivity contribution in [1.29, 1.82) is 0 Å². The molecule has 0 aliphatic heterocycles. The Kier molecular flexibility index (Phi) is 9.43. The molecule has 10 nitrogen and oxygen atoms in total. The molecule has 2 amide bonds. The van der Waals surface area contributed by atoms with E-state index in [1.54, 1.807) is 24.3 Å². The summed E-state index contributed by atoms with van der Waals surface area (Å²) in [5.74, 6) is 0.355. The molecule has 0 aliphatic rings. The van der Waals surface area contributed by atoms with Gasteiger partial charge in [-0.05, 0) is 43.5 Å². The highest BCUT2D eigenvalue weighted by atomic mass is 35.5. The molecule has 0 saturated carbocycles. The number of halogens is 1. The standard InChI is InChI=1S/C24H27ClN6O4S/c1-4-30-22(20(13-15(2)3)27-23(33)18-7-5-6-8-19(18)25)28-29-24(30)36-14-21(32)26-16-9-11-17(12-10-16)31(34)35/h5-12,15,20H,4,13-14H2,1-3H3,(H,26,32)(H,27,33)/t20-/m0/s1. The van der Waals surface area contributed by atoms with Crippen molar-refractivity contribution in [1.82, 2.24) is 20.1 Å². The molecule has 190 valence electrons. The van der Waals surface area contributed by atoms with Gasteiger partial charge in [-0.15, -0.1) is 10.2 Å². The normalized spacial score (nSPS) is 11.8. The first-order chi connectivity index (χ1) is 17.2. The molecule has 3 aromatic rings. The Balaban J connectivity index is 1.71. The van der Waals surface area contributed by atoms with Crippen LogP contribution in [0.15, 0.2) is 53.7 Å². The number of nitro benzene ring substituents is 1. The summed E-state index contributed by atoms with van der Waals surface area (Å²) in [5.41, 5.74) is 0.791. The number of amides is 2. The second-order valence-electron chi connectivity index (χ2n) is 8.36. The number of benzene rings is 2. The van der Waals surface area contributed by atoms with Crippen LogP contribution in [0, 0.1) is 16.0 Å². The molecule has 3 rings (SSSR count). The van der Waals surface area contributed by atoms with Crippen molar-refractivity contribution in [3.63, 3.8) is 0 Å².